The summed E-state index contributed by atoms with van der Waals surface area (Å²) in [6, 6.07) is 15.5. The molecule has 2 aliphatic heterocycles. The number of piperazine rings is 1. The molecule has 0 aliphatic carbocycles. The minimum Gasteiger partial charge on any atom is -0.444 e. The zero-order valence-corrected chi connectivity index (χ0v) is 23.5. The van der Waals surface area contributed by atoms with Crippen LogP contribution >= 0.6 is 0 Å². The summed E-state index contributed by atoms with van der Waals surface area (Å²) in [6.45, 7) is 9.72. The lowest BCUT2D eigenvalue weighted by molar-refractivity contribution is -0.137. The van der Waals surface area contributed by atoms with Crippen molar-refractivity contribution in [1.82, 2.24) is 15.1 Å². The first-order valence-electron chi connectivity index (χ1n) is 13.8. The number of hydrogen-bond donors (Lipinski definition) is 1. The Kier molecular flexibility index (Phi) is 8.97. The molecule has 0 bridgehead atoms. The van der Waals surface area contributed by atoms with Crippen LogP contribution in [0.5, 0.6) is 0 Å². The lowest BCUT2D eigenvalue weighted by Crippen LogP contribution is -2.54. The van der Waals surface area contributed by atoms with Gasteiger partial charge in [0.25, 0.3) is 0 Å². The molecule has 7 nitrogen and oxygen atoms in total. The van der Waals surface area contributed by atoms with Gasteiger partial charge in [-0.05, 0) is 57.4 Å². The van der Waals surface area contributed by atoms with Crippen molar-refractivity contribution in [2.45, 2.75) is 50.8 Å². The van der Waals surface area contributed by atoms with Crippen molar-refractivity contribution in [3.05, 3.63) is 65.7 Å². The van der Waals surface area contributed by atoms with Gasteiger partial charge in [-0.2, -0.15) is 13.2 Å². The molecule has 40 heavy (non-hydrogen) atoms. The molecule has 2 aliphatic rings. The molecule has 2 aromatic rings. The normalized spacial score (nSPS) is 18.4. The van der Waals surface area contributed by atoms with Gasteiger partial charge in [-0.25, -0.2) is 4.79 Å². The molecular weight excluding hydrogens is 521 g/mol. The number of hydrogen-bond acceptors (Lipinski definition) is 5. The molecule has 2 saturated heterocycles. The monoisotopic (exact) mass is 560 g/mol. The second-order valence-corrected chi connectivity index (χ2v) is 11.7. The predicted octanol–water partition coefficient (Wildman–Crippen LogP) is 4.91. The average Bonchev–Trinajstić information content (AvgIpc) is 2.92. The van der Waals surface area contributed by atoms with Gasteiger partial charge in [0, 0.05) is 56.9 Å². The van der Waals surface area contributed by atoms with Gasteiger partial charge in [-0.3, -0.25) is 9.69 Å². The van der Waals surface area contributed by atoms with Crippen LogP contribution in [0.3, 0.4) is 0 Å². The van der Waals surface area contributed by atoms with Crippen LogP contribution in [-0.4, -0.2) is 79.8 Å². The fraction of sp³-hybridized carbons (Fsp3) is 0.533. The second-order valence-electron chi connectivity index (χ2n) is 11.7. The number of rotatable bonds is 6. The van der Waals surface area contributed by atoms with Gasteiger partial charge in [-0.15, -0.1) is 0 Å². The van der Waals surface area contributed by atoms with Crippen molar-refractivity contribution in [1.29, 1.82) is 0 Å². The van der Waals surface area contributed by atoms with Gasteiger partial charge in [-0.1, -0.05) is 36.4 Å². The van der Waals surface area contributed by atoms with E-state index in [1.165, 1.54) is 17.8 Å². The minimum atomic E-state index is -4.48. The van der Waals surface area contributed by atoms with E-state index < -0.39 is 28.8 Å². The van der Waals surface area contributed by atoms with Gasteiger partial charge in [0.15, 0.2) is 0 Å². The maximum Gasteiger partial charge on any atom is 0.416 e. The number of carbonyl (C=O) groups excluding carboxylic acids is 2. The third-order valence-electron chi connectivity index (χ3n) is 7.70. The fourth-order valence-electron chi connectivity index (χ4n) is 5.43. The van der Waals surface area contributed by atoms with Gasteiger partial charge in [0.2, 0.25) is 5.91 Å². The third kappa shape index (κ3) is 7.68. The first-order valence-corrected chi connectivity index (χ1v) is 13.8. The molecule has 2 aromatic carbocycles. The largest absolute Gasteiger partial charge is 0.444 e. The number of amides is 2. The number of likely N-dealkylation sites (tertiary alicyclic amines) is 1. The second kappa shape index (κ2) is 12.1. The molecule has 2 amide bonds. The lowest BCUT2D eigenvalue weighted by Gasteiger charge is -2.43. The van der Waals surface area contributed by atoms with Crippen LogP contribution in [0.15, 0.2) is 54.6 Å². The van der Waals surface area contributed by atoms with Crippen LogP contribution in [0.25, 0.3) is 0 Å². The summed E-state index contributed by atoms with van der Waals surface area (Å²) in [5.74, 6) is 0.0194. The Morgan fingerprint density at radius 1 is 0.900 bits per heavy atom. The number of para-hydroxylation sites is 1. The van der Waals surface area contributed by atoms with Gasteiger partial charge >= 0.3 is 12.3 Å². The van der Waals surface area contributed by atoms with E-state index in [1.54, 1.807) is 31.7 Å². The lowest BCUT2D eigenvalue weighted by atomic mass is 9.72. The zero-order chi connectivity index (χ0) is 29.0. The number of ether oxygens (including phenoxy) is 1. The highest BCUT2D eigenvalue weighted by Crippen LogP contribution is 2.38. The zero-order valence-electron chi connectivity index (χ0n) is 23.5. The number of anilines is 1. The molecular formula is C30H39F3N4O3. The molecule has 0 aromatic heterocycles. The van der Waals surface area contributed by atoms with Crippen LogP contribution in [0.2, 0.25) is 0 Å². The SMILES string of the molecule is CC(C)(C)OC(=O)NCC1(c2cccc(C(F)(F)F)c2)CCN(C(=O)CN2CCN(c3ccccc3)CC2)CC1. The number of benzene rings is 2. The Bertz CT molecular complexity index is 1150. The molecule has 0 spiro atoms. The maximum atomic E-state index is 13.5. The summed E-state index contributed by atoms with van der Waals surface area (Å²) in [4.78, 5) is 31.9. The van der Waals surface area contributed by atoms with E-state index in [2.05, 4.69) is 27.2 Å². The molecule has 2 heterocycles. The Morgan fingerprint density at radius 3 is 2.15 bits per heavy atom. The number of halogens is 3. The topological polar surface area (TPSA) is 65.1 Å². The summed E-state index contributed by atoms with van der Waals surface area (Å²) in [5, 5.41) is 2.78. The van der Waals surface area contributed by atoms with E-state index in [0.29, 0.717) is 38.0 Å². The molecule has 10 heteroatoms. The molecule has 0 radical (unpaired) electrons. The number of alkyl halides is 3. The minimum absolute atomic E-state index is 0.0194. The summed E-state index contributed by atoms with van der Waals surface area (Å²) in [7, 11) is 0. The summed E-state index contributed by atoms with van der Waals surface area (Å²) in [6.07, 6.45) is -4.24. The highest BCUT2D eigenvalue weighted by atomic mass is 19.4. The number of carbonyl (C=O) groups is 2. The molecule has 0 saturated carbocycles. The molecule has 0 atom stereocenters. The Balaban J connectivity index is 1.39. The molecule has 218 valence electrons. The smallest absolute Gasteiger partial charge is 0.416 e. The van der Waals surface area contributed by atoms with Crippen molar-refractivity contribution in [3.63, 3.8) is 0 Å². The predicted molar refractivity (Wildman–Crippen MR) is 148 cm³/mol. The molecule has 1 N–H and O–H groups in total. The molecule has 0 unspecified atom stereocenters. The summed E-state index contributed by atoms with van der Waals surface area (Å²) in [5.41, 5.74) is -0.501. The van der Waals surface area contributed by atoms with Gasteiger partial charge < -0.3 is 19.9 Å². The van der Waals surface area contributed by atoms with Crippen LogP contribution in [0.1, 0.15) is 44.7 Å². The Labute approximate surface area is 234 Å². The van der Waals surface area contributed by atoms with Crippen molar-refractivity contribution < 1.29 is 27.5 Å². The van der Waals surface area contributed by atoms with Crippen molar-refractivity contribution in [3.8, 4) is 0 Å². The van der Waals surface area contributed by atoms with Gasteiger partial charge in [0.1, 0.15) is 5.60 Å². The standard InChI is InChI=1S/C30H39F3N4O3/c1-28(2,3)40-27(39)34-22-29(23-8-7-9-24(20-23)30(31,32)33)12-14-37(15-13-29)26(38)21-35-16-18-36(19-17-35)25-10-5-4-6-11-25/h4-11,20H,12-19,21-22H2,1-3H3,(H,34,39). The third-order valence-corrected chi connectivity index (χ3v) is 7.70. The maximum absolute atomic E-state index is 13.5. The van der Waals surface area contributed by atoms with Gasteiger partial charge in [0.05, 0.1) is 12.1 Å². The van der Waals surface area contributed by atoms with E-state index in [9.17, 15) is 22.8 Å². The van der Waals surface area contributed by atoms with Crippen molar-refractivity contribution in [2.24, 2.45) is 0 Å². The molecule has 4 rings (SSSR count). The fourth-order valence-corrected chi connectivity index (χ4v) is 5.43. The first kappa shape index (κ1) is 29.7. The summed E-state index contributed by atoms with van der Waals surface area (Å²) < 4.78 is 45.9. The molecule has 2 fully saturated rings. The van der Waals surface area contributed by atoms with Crippen LogP contribution in [-0.2, 0) is 21.1 Å². The van der Waals surface area contributed by atoms with E-state index >= 15 is 0 Å². The van der Waals surface area contributed by atoms with Crippen LogP contribution in [0.4, 0.5) is 23.7 Å². The van der Waals surface area contributed by atoms with E-state index in [4.69, 9.17) is 4.74 Å². The highest BCUT2D eigenvalue weighted by molar-refractivity contribution is 5.78. The number of nitrogens with one attached hydrogen (secondary N) is 1. The first-order chi connectivity index (χ1) is 18.8. The Hall–Kier alpha value is -3.27. The quantitative estimate of drug-likeness (QED) is 0.544. The average molecular weight is 561 g/mol. The van der Waals surface area contributed by atoms with E-state index in [0.717, 1.165) is 32.2 Å². The number of piperidine rings is 1. The van der Waals surface area contributed by atoms with Crippen LogP contribution < -0.4 is 10.2 Å². The van der Waals surface area contributed by atoms with Crippen molar-refractivity contribution >= 4 is 17.7 Å². The highest BCUT2D eigenvalue weighted by Gasteiger charge is 2.40. The van der Waals surface area contributed by atoms with E-state index in [1.807, 2.05) is 18.2 Å². The van der Waals surface area contributed by atoms with E-state index in [-0.39, 0.29) is 12.5 Å². The number of alkyl carbamates (subject to hydrolysis) is 1. The van der Waals surface area contributed by atoms with Crippen molar-refractivity contribution in [2.75, 3.05) is 57.3 Å². The van der Waals surface area contributed by atoms with Crippen LogP contribution in [0, 0.1) is 0 Å². The summed E-state index contributed by atoms with van der Waals surface area (Å²) >= 11 is 0. The Morgan fingerprint density at radius 2 is 1.55 bits per heavy atom. The number of nitrogens with zero attached hydrogens (tertiary/aromatic N) is 3.